The second-order valence-corrected chi connectivity index (χ2v) is 6.02. The van der Waals surface area contributed by atoms with Gasteiger partial charge in [0.25, 0.3) is 5.91 Å². The topological polar surface area (TPSA) is 63.7 Å². The molecule has 0 aliphatic carbocycles. The number of ether oxygens (including phenoxy) is 2. The zero-order valence-electron chi connectivity index (χ0n) is 14.2. The number of aromatic nitrogens is 1. The maximum atomic E-state index is 14.0. The lowest BCUT2D eigenvalue weighted by atomic mass is 10.1. The van der Waals surface area contributed by atoms with Gasteiger partial charge in [0.05, 0.1) is 11.6 Å². The molecule has 0 fully saturated rings. The number of benzene rings is 1. The van der Waals surface area contributed by atoms with Crippen LogP contribution < -0.4 is 14.8 Å². The maximum Gasteiger partial charge on any atom is 0.252 e. The largest absolute Gasteiger partial charge is 0.491 e. The van der Waals surface area contributed by atoms with Gasteiger partial charge in [-0.05, 0) is 32.3 Å². The second kappa shape index (κ2) is 7.48. The first-order valence-electron chi connectivity index (χ1n) is 8.00. The Bertz CT molecular complexity index is 767. The highest BCUT2D eigenvalue weighted by atomic mass is 19.1. The van der Waals surface area contributed by atoms with E-state index in [1.165, 1.54) is 12.3 Å². The highest BCUT2D eigenvalue weighted by molar-refractivity contribution is 5.94. The molecule has 1 amide bonds. The third-order valence-corrected chi connectivity index (χ3v) is 3.86. The molecule has 1 aliphatic rings. The van der Waals surface area contributed by atoms with Gasteiger partial charge in [-0.1, -0.05) is 6.07 Å². The lowest BCUT2D eigenvalue weighted by Gasteiger charge is -2.13. The second-order valence-electron chi connectivity index (χ2n) is 6.02. The van der Waals surface area contributed by atoms with Gasteiger partial charge in [0.2, 0.25) is 5.88 Å². The number of hydrogen-bond acceptors (Lipinski definition) is 5. The van der Waals surface area contributed by atoms with Crippen LogP contribution in [-0.2, 0) is 0 Å². The van der Waals surface area contributed by atoms with Gasteiger partial charge in [-0.25, -0.2) is 9.37 Å². The molecule has 1 aromatic heterocycles. The summed E-state index contributed by atoms with van der Waals surface area (Å²) >= 11 is 0. The van der Waals surface area contributed by atoms with Crippen molar-refractivity contribution in [1.82, 2.24) is 15.2 Å². The molecular weight excluding hydrogens is 325 g/mol. The number of rotatable bonds is 6. The minimum atomic E-state index is -0.519. The fourth-order valence-electron chi connectivity index (χ4n) is 2.56. The van der Waals surface area contributed by atoms with Crippen molar-refractivity contribution in [2.24, 2.45) is 0 Å². The molecule has 1 atom stereocenters. The van der Waals surface area contributed by atoms with E-state index in [2.05, 4.69) is 10.3 Å². The van der Waals surface area contributed by atoms with Gasteiger partial charge < -0.3 is 19.7 Å². The third kappa shape index (κ3) is 4.06. The summed E-state index contributed by atoms with van der Waals surface area (Å²) in [6.07, 6.45) is 1.51. The molecule has 0 saturated heterocycles. The molecular formula is C18H20FN3O3. The molecule has 2 aromatic rings. The number of halogens is 1. The zero-order chi connectivity index (χ0) is 17.8. The molecule has 0 radical (unpaired) electrons. The normalized spacial score (nSPS) is 15.6. The Morgan fingerprint density at radius 1 is 1.44 bits per heavy atom. The van der Waals surface area contributed by atoms with Crippen LogP contribution in [0.25, 0.3) is 0 Å². The minimum absolute atomic E-state index is 0.208. The van der Waals surface area contributed by atoms with Crippen molar-refractivity contribution in [2.75, 3.05) is 33.9 Å². The highest BCUT2D eigenvalue weighted by Crippen LogP contribution is 2.34. The molecule has 0 bridgehead atoms. The Labute approximate surface area is 145 Å². The fraction of sp³-hybridized carbons (Fsp3) is 0.333. The molecule has 6 nitrogen and oxygen atoms in total. The Balaban J connectivity index is 1.67. The van der Waals surface area contributed by atoms with Crippen molar-refractivity contribution in [2.45, 2.75) is 6.04 Å². The van der Waals surface area contributed by atoms with Crippen LogP contribution in [0.1, 0.15) is 22.0 Å². The summed E-state index contributed by atoms with van der Waals surface area (Å²) in [7, 11) is 3.89. The third-order valence-electron chi connectivity index (χ3n) is 3.86. The van der Waals surface area contributed by atoms with E-state index in [1.807, 2.05) is 19.0 Å². The predicted molar refractivity (Wildman–Crippen MR) is 90.4 cm³/mol. The van der Waals surface area contributed by atoms with E-state index in [-0.39, 0.29) is 18.3 Å². The molecule has 0 saturated carbocycles. The van der Waals surface area contributed by atoms with E-state index in [4.69, 9.17) is 9.47 Å². The van der Waals surface area contributed by atoms with Crippen LogP contribution in [0.4, 0.5) is 4.39 Å². The predicted octanol–water partition coefficient (Wildman–Crippen LogP) is 2.02. The number of nitrogens with one attached hydrogen (secondary N) is 1. The highest BCUT2D eigenvalue weighted by Gasteiger charge is 2.29. The van der Waals surface area contributed by atoms with Crippen LogP contribution in [0.2, 0.25) is 0 Å². The van der Waals surface area contributed by atoms with Crippen LogP contribution in [-0.4, -0.2) is 49.6 Å². The van der Waals surface area contributed by atoms with Gasteiger partial charge in [-0.2, -0.15) is 0 Å². The fourth-order valence-corrected chi connectivity index (χ4v) is 2.56. The Morgan fingerprint density at radius 3 is 3.08 bits per heavy atom. The van der Waals surface area contributed by atoms with E-state index < -0.39 is 6.04 Å². The van der Waals surface area contributed by atoms with Gasteiger partial charge in [-0.15, -0.1) is 0 Å². The van der Waals surface area contributed by atoms with Crippen molar-refractivity contribution in [3.05, 3.63) is 53.5 Å². The lowest BCUT2D eigenvalue weighted by molar-refractivity contribution is 0.0929. The first kappa shape index (κ1) is 17.2. The average Bonchev–Trinajstić information content (AvgIpc) is 2.99. The summed E-state index contributed by atoms with van der Waals surface area (Å²) in [5.41, 5.74) is 0.784. The number of carbonyl (C=O) groups excluding carboxylic acids is 1. The van der Waals surface area contributed by atoms with Gasteiger partial charge in [0.15, 0.2) is 0 Å². The van der Waals surface area contributed by atoms with E-state index in [0.29, 0.717) is 29.4 Å². The van der Waals surface area contributed by atoms with E-state index in [1.54, 1.807) is 24.3 Å². The van der Waals surface area contributed by atoms with Crippen LogP contribution in [0.3, 0.4) is 0 Å². The standard InChI is InChI=1S/C18H20FN3O3/c1-22(2)8-9-24-16-10-12(6-7-20-16)18(23)21-14-11-25-15-5-3-4-13(19)17(14)15/h3-7,10,14H,8-9,11H2,1-2H3,(H,21,23). The number of nitrogens with zero attached hydrogens (tertiary/aromatic N) is 2. The molecule has 3 rings (SSSR count). The number of likely N-dealkylation sites (N-methyl/N-ethyl adjacent to an activating group) is 1. The minimum Gasteiger partial charge on any atom is -0.491 e. The van der Waals surface area contributed by atoms with Crippen molar-refractivity contribution in [1.29, 1.82) is 0 Å². The first-order chi connectivity index (χ1) is 12.0. The van der Waals surface area contributed by atoms with Crippen LogP contribution in [0.5, 0.6) is 11.6 Å². The number of amides is 1. The number of pyridine rings is 1. The SMILES string of the molecule is CN(C)CCOc1cc(C(=O)NC2COc3cccc(F)c32)ccn1. The average molecular weight is 345 g/mol. The van der Waals surface area contributed by atoms with Gasteiger partial charge in [-0.3, -0.25) is 4.79 Å². The molecule has 25 heavy (non-hydrogen) atoms. The van der Waals surface area contributed by atoms with Crippen molar-refractivity contribution in [3.63, 3.8) is 0 Å². The van der Waals surface area contributed by atoms with Gasteiger partial charge in [0.1, 0.15) is 24.8 Å². The number of hydrogen-bond donors (Lipinski definition) is 1. The molecule has 0 spiro atoms. The quantitative estimate of drug-likeness (QED) is 0.868. The van der Waals surface area contributed by atoms with Gasteiger partial charge >= 0.3 is 0 Å². The van der Waals surface area contributed by atoms with Crippen molar-refractivity contribution in [3.8, 4) is 11.6 Å². The Kier molecular flexibility index (Phi) is 5.14. The Hall–Kier alpha value is -2.67. The summed E-state index contributed by atoms with van der Waals surface area (Å²) in [4.78, 5) is 18.6. The summed E-state index contributed by atoms with van der Waals surface area (Å²) in [6, 6.07) is 7.27. The summed E-state index contributed by atoms with van der Waals surface area (Å²) in [6.45, 7) is 1.42. The molecule has 1 N–H and O–H groups in total. The zero-order valence-corrected chi connectivity index (χ0v) is 14.2. The van der Waals surface area contributed by atoms with E-state index in [9.17, 15) is 9.18 Å². The maximum absolute atomic E-state index is 14.0. The first-order valence-corrected chi connectivity index (χ1v) is 8.00. The molecule has 2 heterocycles. The molecule has 7 heteroatoms. The molecule has 132 valence electrons. The smallest absolute Gasteiger partial charge is 0.252 e. The molecule has 1 aromatic carbocycles. The number of carbonyl (C=O) groups is 1. The monoisotopic (exact) mass is 345 g/mol. The lowest BCUT2D eigenvalue weighted by Crippen LogP contribution is -2.30. The van der Waals surface area contributed by atoms with E-state index in [0.717, 1.165) is 6.54 Å². The van der Waals surface area contributed by atoms with E-state index >= 15 is 0 Å². The molecule has 1 aliphatic heterocycles. The van der Waals surface area contributed by atoms with Gasteiger partial charge in [0, 0.05) is 24.4 Å². The molecule has 1 unspecified atom stereocenters. The number of fused-ring (bicyclic) bond motifs is 1. The van der Waals surface area contributed by atoms with Crippen molar-refractivity contribution < 1.29 is 18.7 Å². The van der Waals surface area contributed by atoms with Crippen LogP contribution >= 0.6 is 0 Å². The Morgan fingerprint density at radius 2 is 2.28 bits per heavy atom. The summed E-state index contributed by atoms with van der Waals surface area (Å²) in [5.74, 6) is 0.129. The summed E-state index contributed by atoms with van der Waals surface area (Å²) in [5, 5.41) is 2.80. The van der Waals surface area contributed by atoms with Crippen LogP contribution in [0.15, 0.2) is 36.5 Å². The summed E-state index contributed by atoms with van der Waals surface area (Å²) < 4.78 is 25.0. The van der Waals surface area contributed by atoms with Crippen molar-refractivity contribution >= 4 is 5.91 Å². The van der Waals surface area contributed by atoms with Crippen LogP contribution in [0, 0.1) is 5.82 Å².